The molecule has 0 aliphatic heterocycles. The summed E-state index contributed by atoms with van der Waals surface area (Å²) in [7, 11) is 0. The van der Waals surface area contributed by atoms with Crippen molar-refractivity contribution in [2.24, 2.45) is 0 Å². The van der Waals surface area contributed by atoms with Crippen molar-refractivity contribution in [1.82, 2.24) is 4.40 Å². The normalized spacial score (nSPS) is 12.2. The van der Waals surface area contributed by atoms with Crippen molar-refractivity contribution in [2.45, 2.75) is 45.3 Å². The fourth-order valence-corrected chi connectivity index (χ4v) is 3.23. The first-order valence-corrected chi connectivity index (χ1v) is 8.60. The average Bonchev–Trinajstić information content (AvgIpc) is 2.89. The van der Waals surface area contributed by atoms with E-state index in [-0.39, 0.29) is 6.54 Å². The molecule has 0 N–H and O–H groups in total. The van der Waals surface area contributed by atoms with E-state index in [0.29, 0.717) is 17.5 Å². The number of Topliss-reactive ketones (excluding diaryl/α,β-unsaturated/α-hetero) is 1. The second-order valence-electron chi connectivity index (χ2n) is 6.29. The first kappa shape index (κ1) is 18.2. The maximum atomic E-state index is 13.0. The Kier molecular flexibility index (Phi) is 4.89. The van der Waals surface area contributed by atoms with Crippen molar-refractivity contribution in [3.05, 3.63) is 42.2 Å². The number of fused-ring (bicyclic) bond motifs is 3. The highest BCUT2D eigenvalue weighted by Crippen LogP contribution is 2.28. The van der Waals surface area contributed by atoms with Crippen LogP contribution in [-0.2, 0) is 6.54 Å². The van der Waals surface area contributed by atoms with Crippen molar-refractivity contribution in [3.8, 4) is 5.88 Å². The Labute approximate surface area is 148 Å². The van der Waals surface area contributed by atoms with Crippen molar-refractivity contribution in [2.75, 3.05) is 0 Å². The number of pyridine rings is 1. The number of unbranched alkanes of at least 4 members (excludes halogenated alkanes) is 3. The number of carbonyl (C=O) groups excluding carboxylic acids is 1. The molecule has 0 spiro atoms. The Hall–Kier alpha value is -2.57. The predicted molar refractivity (Wildman–Crippen MR) is 89.1 cm³/mol. The van der Waals surface area contributed by atoms with Gasteiger partial charge >= 0.3 is 12.0 Å². The third kappa shape index (κ3) is 3.13. The van der Waals surface area contributed by atoms with Crippen LogP contribution in [0.5, 0.6) is 5.88 Å². The number of ketones is 1. The highest BCUT2D eigenvalue weighted by atomic mass is 19.4. The zero-order valence-electron chi connectivity index (χ0n) is 14.3. The molecule has 138 valence electrons. The molecule has 26 heavy (non-hydrogen) atoms. The van der Waals surface area contributed by atoms with Gasteiger partial charge in [0, 0.05) is 0 Å². The summed E-state index contributed by atoms with van der Waals surface area (Å²) in [5.41, 5.74) is -0.522. The quantitative estimate of drug-likeness (QED) is 0.380. The molecule has 0 fully saturated rings. The minimum atomic E-state index is -5.10. The Morgan fingerprint density at radius 2 is 1.88 bits per heavy atom. The minimum Gasteiger partial charge on any atom is -0.839 e. The number of rotatable bonds is 6. The summed E-state index contributed by atoms with van der Waals surface area (Å²) >= 11 is 0. The number of alkyl halides is 3. The SMILES string of the molecule is CCCCCC[n+]1c([O-])c(C(=O)C(F)(F)F)n2ccc3ccccc3c21. The second kappa shape index (κ2) is 6.97. The molecular formula is C19H19F3N2O2. The van der Waals surface area contributed by atoms with Crippen molar-refractivity contribution in [1.29, 1.82) is 0 Å². The van der Waals surface area contributed by atoms with E-state index >= 15 is 0 Å². The number of hydrogen-bond donors (Lipinski definition) is 0. The minimum absolute atomic E-state index is 0.279. The molecule has 0 saturated heterocycles. The predicted octanol–water partition coefficient (Wildman–Crippen LogP) is 3.78. The van der Waals surface area contributed by atoms with Gasteiger partial charge in [-0.2, -0.15) is 17.6 Å². The number of aryl methyl sites for hydroxylation is 1. The van der Waals surface area contributed by atoms with Crippen LogP contribution in [0, 0.1) is 0 Å². The molecule has 0 bridgehead atoms. The van der Waals surface area contributed by atoms with E-state index in [1.165, 1.54) is 10.8 Å². The van der Waals surface area contributed by atoms with Crippen molar-refractivity contribution in [3.63, 3.8) is 0 Å². The van der Waals surface area contributed by atoms with Gasteiger partial charge in [-0.3, -0.25) is 4.79 Å². The average molecular weight is 364 g/mol. The fourth-order valence-electron chi connectivity index (χ4n) is 3.23. The third-order valence-electron chi connectivity index (χ3n) is 4.49. The van der Waals surface area contributed by atoms with Gasteiger partial charge in [-0.05, 0) is 30.4 Å². The molecule has 2 heterocycles. The maximum absolute atomic E-state index is 13.0. The molecule has 4 nitrogen and oxygen atoms in total. The Morgan fingerprint density at radius 1 is 1.15 bits per heavy atom. The molecule has 7 heteroatoms. The highest BCUT2D eigenvalue weighted by molar-refractivity contribution is 6.02. The van der Waals surface area contributed by atoms with E-state index in [1.54, 1.807) is 18.2 Å². The zero-order chi connectivity index (χ0) is 18.9. The molecule has 3 aromatic rings. The van der Waals surface area contributed by atoms with Gasteiger partial charge in [-0.15, -0.1) is 0 Å². The largest absolute Gasteiger partial charge is 0.839 e. The smallest absolute Gasteiger partial charge is 0.458 e. The van der Waals surface area contributed by atoms with Crippen LogP contribution >= 0.6 is 0 Å². The van der Waals surface area contributed by atoms with Crippen LogP contribution in [0.15, 0.2) is 36.5 Å². The first-order valence-electron chi connectivity index (χ1n) is 8.60. The lowest BCUT2D eigenvalue weighted by molar-refractivity contribution is -0.711. The van der Waals surface area contributed by atoms with Gasteiger partial charge in [0.05, 0.1) is 18.1 Å². The molecule has 0 saturated carbocycles. The molecule has 0 radical (unpaired) electrons. The summed E-state index contributed by atoms with van der Waals surface area (Å²) in [6.45, 7) is 2.33. The molecule has 0 aliphatic carbocycles. The number of nitrogens with zero attached hydrogens (tertiary/aromatic N) is 2. The van der Waals surface area contributed by atoms with E-state index in [0.717, 1.165) is 29.0 Å². The van der Waals surface area contributed by atoms with E-state index in [4.69, 9.17) is 0 Å². The third-order valence-corrected chi connectivity index (χ3v) is 4.49. The summed E-state index contributed by atoms with van der Waals surface area (Å²) in [6.07, 6.45) is -0.217. The fraction of sp³-hybridized carbons (Fsp3) is 0.368. The van der Waals surface area contributed by atoms with Gasteiger partial charge in [0.1, 0.15) is 5.88 Å². The summed E-state index contributed by atoms with van der Waals surface area (Å²) in [4.78, 5) is 11.9. The second-order valence-corrected chi connectivity index (χ2v) is 6.29. The molecule has 0 aliphatic rings. The lowest BCUT2D eigenvalue weighted by Crippen LogP contribution is -2.37. The van der Waals surface area contributed by atoms with E-state index in [2.05, 4.69) is 0 Å². The van der Waals surface area contributed by atoms with Crippen LogP contribution in [0.1, 0.15) is 43.1 Å². The van der Waals surface area contributed by atoms with Crippen LogP contribution in [0.4, 0.5) is 13.2 Å². The number of aromatic nitrogens is 2. The molecule has 1 aromatic carbocycles. The van der Waals surface area contributed by atoms with Gasteiger partial charge in [0.15, 0.2) is 0 Å². The molecule has 0 amide bonds. The van der Waals surface area contributed by atoms with Crippen molar-refractivity contribution >= 4 is 22.2 Å². The molecular weight excluding hydrogens is 345 g/mol. The Balaban J connectivity index is 2.24. The van der Waals surface area contributed by atoms with Gasteiger partial charge in [-0.25, -0.2) is 4.57 Å². The van der Waals surface area contributed by atoms with Gasteiger partial charge < -0.3 is 5.11 Å². The summed E-state index contributed by atoms with van der Waals surface area (Å²) in [6, 6.07) is 8.74. The summed E-state index contributed by atoms with van der Waals surface area (Å²) in [5, 5.41) is 14.1. The molecule has 3 rings (SSSR count). The van der Waals surface area contributed by atoms with E-state index < -0.39 is 23.5 Å². The first-order chi connectivity index (χ1) is 12.4. The molecule has 2 aromatic heterocycles. The van der Waals surface area contributed by atoms with Crippen LogP contribution in [0.25, 0.3) is 16.4 Å². The Morgan fingerprint density at radius 3 is 2.58 bits per heavy atom. The van der Waals surface area contributed by atoms with E-state index in [9.17, 15) is 23.1 Å². The lowest BCUT2D eigenvalue weighted by Gasteiger charge is -2.08. The number of hydrogen-bond acceptors (Lipinski definition) is 2. The monoisotopic (exact) mass is 364 g/mol. The number of benzene rings is 1. The van der Waals surface area contributed by atoms with E-state index in [1.807, 2.05) is 19.1 Å². The molecule has 0 atom stereocenters. The van der Waals surface area contributed by atoms with Gasteiger partial charge in [-0.1, -0.05) is 38.0 Å². The lowest BCUT2D eigenvalue weighted by atomic mass is 10.1. The van der Waals surface area contributed by atoms with Crippen LogP contribution in [-0.4, -0.2) is 16.4 Å². The standard InChI is InChI=1S/C19H19F3N2O2/c1-2-3-4-7-11-24-17-14-9-6-5-8-13(14)10-12-23(17)15(18(24)26)16(25)19(20,21)22/h5-6,8-10,12H,2-4,7,11H2,1H3. The molecule has 0 unspecified atom stereocenters. The van der Waals surface area contributed by atoms with Crippen molar-refractivity contribution < 1.29 is 27.6 Å². The highest BCUT2D eigenvalue weighted by Gasteiger charge is 2.45. The maximum Gasteiger partial charge on any atom is 0.458 e. The van der Waals surface area contributed by atoms with Crippen LogP contribution < -0.4 is 9.67 Å². The summed E-state index contributed by atoms with van der Waals surface area (Å²) < 4.78 is 41.4. The Bertz CT molecular complexity index is 961. The topological polar surface area (TPSA) is 48.4 Å². The van der Waals surface area contributed by atoms with Crippen LogP contribution in [0.2, 0.25) is 0 Å². The summed E-state index contributed by atoms with van der Waals surface area (Å²) in [5.74, 6) is -3.00. The number of halogens is 3. The van der Waals surface area contributed by atoms with Crippen LogP contribution in [0.3, 0.4) is 0 Å². The van der Waals surface area contributed by atoms with Gasteiger partial charge in [0.2, 0.25) is 5.69 Å². The number of imidazole rings is 1. The number of carbonyl (C=O) groups is 1. The van der Waals surface area contributed by atoms with Gasteiger partial charge in [0.25, 0.3) is 5.65 Å². The zero-order valence-corrected chi connectivity index (χ0v) is 14.3.